The van der Waals surface area contributed by atoms with Gasteiger partial charge in [-0.25, -0.2) is 0 Å². The molecular weight excluding hydrogens is 188 g/mol. The van der Waals surface area contributed by atoms with Crippen molar-refractivity contribution >= 4 is 5.91 Å². The summed E-state index contributed by atoms with van der Waals surface area (Å²) in [6, 6.07) is 0. The van der Waals surface area contributed by atoms with Gasteiger partial charge in [0, 0.05) is 25.6 Å². The minimum Gasteiger partial charge on any atom is -0.342 e. The molecule has 0 aromatic heterocycles. The highest BCUT2D eigenvalue weighted by Gasteiger charge is 2.22. The van der Waals surface area contributed by atoms with E-state index in [2.05, 4.69) is 12.2 Å². The third-order valence-electron chi connectivity index (χ3n) is 3.26. The second-order valence-corrected chi connectivity index (χ2v) is 4.82. The van der Waals surface area contributed by atoms with Crippen LogP contribution < -0.4 is 5.32 Å². The molecule has 1 rings (SSSR count). The van der Waals surface area contributed by atoms with Gasteiger partial charge in [0.2, 0.25) is 5.91 Å². The van der Waals surface area contributed by atoms with E-state index in [4.69, 9.17) is 0 Å². The van der Waals surface area contributed by atoms with E-state index in [0.29, 0.717) is 5.91 Å². The van der Waals surface area contributed by atoms with E-state index < -0.39 is 0 Å². The van der Waals surface area contributed by atoms with Gasteiger partial charge in [0.15, 0.2) is 0 Å². The zero-order chi connectivity index (χ0) is 11.3. The van der Waals surface area contributed by atoms with E-state index >= 15 is 0 Å². The van der Waals surface area contributed by atoms with Crippen molar-refractivity contribution in [3.63, 3.8) is 0 Å². The van der Waals surface area contributed by atoms with Gasteiger partial charge in [0.05, 0.1) is 0 Å². The Balaban J connectivity index is 2.44. The van der Waals surface area contributed by atoms with E-state index in [1.807, 2.05) is 18.9 Å². The van der Waals surface area contributed by atoms with Gasteiger partial charge in [0.1, 0.15) is 0 Å². The molecule has 1 saturated heterocycles. The highest BCUT2D eigenvalue weighted by molar-refractivity contribution is 5.78. The number of rotatable bonds is 3. The summed E-state index contributed by atoms with van der Waals surface area (Å²) in [6.07, 6.45) is 3.60. The molecule has 0 aliphatic carbocycles. The van der Waals surface area contributed by atoms with Crippen LogP contribution in [0.4, 0.5) is 0 Å². The number of hydrogen-bond acceptors (Lipinski definition) is 2. The average Bonchev–Trinajstić information content (AvgIpc) is 2.42. The fourth-order valence-corrected chi connectivity index (χ4v) is 2.19. The van der Waals surface area contributed by atoms with Crippen LogP contribution in [-0.4, -0.2) is 37.5 Å². The van der Waals surface area contributed by atoms with Crippen LogP contribution >= 0.6 is 0 Å². The Morgan fingerprint density at radius 3 is 2.87 bits per heavy atom. The van der Waals surface area contributed by atoms with E-state index in [9.17, 15) is 4.79 Å². The minimum atomic E-state index is 0.114. The molecule has 2 unspecified atom stereocenters. The summed E-state index contributed by atoms with van der Waals surface area (Å²) in [5.41, 5.74) is 0. The summed E-state index contributed by atoms with van der Waals surface area (Å²) >= 11 is 0. The maximum absolute atomic E-state index is 12.0. The quantitative estimate of drug-likeness (QED) is 0.768. The van der Waals surface area contributed by atoms with Gasteiger partial charge in [-0.05, 0) is 32.2 Å². The Morgan fingerprint density at radius 2 is 2.20 bits per heavy atom. The summed E-state index contributed by atoms with van der Waals surface area (Å²) in [5, 5.41) is 3.06. The lowest BCUT2D eigenvalue weighted by Gasteiger charge is -2.24. The summed E-state index contributed by atoms with van der Waals surface area (Å²) in [4.78, 5) is 14.1. The third-order valence-corrected chi connectivity index (χ3v) is 3.26. The molecule has 1 aliphatic rings. The van der Waals surface area contributed by atoms with E-state index in [1.54, 1.807) is 0 Å². The second kappa shape index (κ2) is 6.11. The molecule has 0 aromatic carbocycles. The Kier molecular flexibility index (Phi) is 5.09. The van der Waals surface area contributed by atoms with Gasteiger partial charge in [-0.3, -0.25) is 4.79 Å². The number of hydrogen-bond donors (Lipinski definition) is 1. The fraction of sp³-hybridized carbons (Fsp3) is 0.917. The number of likely N-dealkylation sites (tertiary alicyclic amines) is 1. The number of nitrogens with one attached hydrogen (secondary N) is 1. The van der Waals surface area contributed by atoms with Crippen molar-refractivity contribution in [2.75, 3.05) is 26.7 Å². The maximum Gasteiger partial charge on any atom is 0.226 e. The van der Waals surface area contributed by atoms with Crippen molar-refractivity contribution < 1.29 is 4.79 Å². The smallest absolute Gasteiger partial charge is 0.226 e. The lowest BCUT2D eigenvalue weighted by atomic mass is 10.0. The predicted molar refractivity (Wildman–Crippen MR) is 62.7 cm³/mol. The molecule has 0 spiro atoms. The Labute approximate surface area is 93.2 Å². The van der Waals surface area contributed by atoms with Crippen molar-refractivity contribution in [1.82, 2.24) is 10.2 Å². The van der Waals surface area contributed by atoms with E-state index in [-0.39, 0.29) is 5.92 Å². The molecule has 1 N–H and O–H groups in total. The second-order valence-electron chi connectivity index (χ2n) is 4.82. The maximum atomic E-state index is 12.0. The Hall–Kier alpha value is -0.570. The molecule has 2 atom stereocenters. The molecule has 0 saturated carbocycles. The number of carbonyl (C=O) groups excluding carboxylic acids is 1. The molecule has 0 aromatic rings. The standard InChI is InChI=1S/C12H24N2O/c1-10-5-4-7-14(8-6-10)12(15)11(2)9-13-3/h10-11,13H,4-9H2,1-3H3. The normalized spacial score (nSPS) is 24.7. The summed E-state index contributed by atoms with van der Waals surface area (Å²) in [7, 11) is 1.90. The van der Waals surface area contributed by atoms with Crippen LogP contribution in [0.5, 0.6) is 0 Å². The molecule has 1 amide bonds. The zero-order valence-electron chi connectivity index (χ0n) is 10.3. The molecular formula is C12H24N2O. The van der Waals surface area contributed by atoms with Gasteiger partial charge in [-0.2, -0.15) is 0 Å². The van der Waals surface area contributed by atoms with Crippen LogP contribution in [0.2, 0.25) is 0 Å². The molecule has 1 heterocycles. The third kappa shape index (κ3) is 3.82. The molecule has 3 nitrogen and oxygen atoms in total. The van der Waals surface area contributed by atoms with Crippen molar-refractivity contribution in [1.29, 1.82) is 0 Å². The topological polar surface area (TPSA) is 32.3 Å². The summed E-state index contributed by atoms with van der Waals surface area (Å²) < 4.78 is 0. The van der Waals surface area contributed by atoms with Crippen LogP contribution in [0.15, 0.2) is 0 Å². The first-order chi connectivity index (χ1) is 7.15. The van der Waals surface area contributed by atoms with Gasteiger partial charge in [-0.15, -0.1) is 0 Å². The Bertz CT molecular complexity index is 206. The van der Waals surface area contributed by atoms with Gasteiger partial charge in [-0.1, -0.05) is 13.8 Å². The van der Waals surface area contributed by atoms with Crippen LogP contribution in [0, 0.1) is 11.8 Å². The minimum absolute atomic E-state index is 0.114. The first-order valence-electron chi connectivity index (χ1n) is 6.08. The van der Waals surface area contributed by atoms with Crippen LogP contribution in [0.25, 0.3) is 0 Å². The SMILES string of the molecule is CNCC(C)C(=O)N1CCCC(C)CC1. The summed E-state index contributed by atoms with van der Waals surface area (Å²) in [5.74, 6) is 1.21. The first kappa shape index (κ1) is 12.5. The number of carbonyl (C=O) groups is 1. The molecule has 88 valence electrons. The Morgan fingerprint density at radius 1 is 1.47 bits per heavy atom. The van der Waals surface area contributed by atoms with Crippen LogP contribution in [-0.2, 0) is 4.79 Å². The van der Waals surface area contributed by atoms with Gasteiger partial charge < -0.3 is 10.2 Å². The highest BCUT2D eigenvalue weighted by atomic mass is 16.2. The molecule has 3 heteroatoms. The van der Waals surface area contributed by atoms with Crippen LogP contribution in [0.1, 0.15) is 33.1 Å². The lowest BCUT2D eigenvalue weighted by Crippen LogP contribution is -2.39. The van der Waals surface area contributed by atoms with Crippen molar-refractivity contribution in [3.8, 4) is 0 Å². The predicted octanol–water partition coefficient (Wildman–Crippen LogP) is 1.49. The monoisotopic (exact) mass is 212 g/mol. The fourth-order valence-electron chi connectivity index (χ4n) is 2.19. The molecule has 1 aliphatic heterocycles. The van der Waals surface area contributed by atoms with Crippen molar-refractivity contribution in [2.45, 2.75) is 33.1 Å². The van der Waals surface area contributed by atoms with Crippen LogP contribution in [0.3, 0.4) is 0 Å². The number of amides is 1. The average molecular weight is 212 g/mol. The van der Waals surface area contributed by atoms with Crippen molar-refractivity contribution in [2.24, 2.45) is 11.8 Å². The number of nitrogens with zero attached hydrogens (tertiary/aromatic N) is 1. The molecule has 15 heavy (non-hydrogen) atoms. The molecule has 0 radical (unpaired) electrons. The van der Waals surface area contributed by atoms with Crippen molar-refractivity contribution in [3.05, 3.63) is 0 Å². The lowest BCUT2D eigenvalue weighted by molar-refractivity contribution is -0.134. The van der Waals surface area contributed by atoms with Gasteiger partial charge >= 0.3 is 0 Å². The summed E-state index contributed by atoms with van der Waals surface area (Å²) in [6.45, 7) is 6.98. The highest BCUT2D eigenvalue weighted by Crippen LogP contribution is 2.17. The largest absolute Gasteiger partial charge is 0.342 e. The van der Waals surface area contributed by atoms with E-state index in [0.717, 1.165) is 32.0 Å². The molecule has 0 bridgehead atoms. The zero-order valence-corrected chi connectivity index (χ0v) is 10.3. The first-order valence-corrected chi connectivity index (χ1v) is 6.08. The van der Waals surface area contributed by atoms with E-state index in [1.165, 1.54) is 12.8 Å². The van der Waals surface area contributed by atoms with Gasteiger partial charge in [0.25, 0.3) is 0 Å². The molecule has 1 fully saturated rings.